The molecular weight excluding hydrogens is 268 g/mol. The van der Waals surface area contributed by atoms with E-state index >= 15 is 0 Å². The molecule has 0 spiro atoms. The summed E-state index contributed by atoms with van der Waals surface area (Å²) in [6.07, 6.45) is 0. The van der Waals surface area contributed by atoms with Gasteiger partial charge in [-0.25, -0.2) is 13.1 Å². The van der Waals surface area contributed by atoms with Crippen LogP contribution in [0.15, 0.2) is 4.90 Å². The number of sulfonamides is 1. The van der Waals surface area contributed by atoms with E-state index in [4.69, 9.17) is 10.5 Å². The zero-order valence-electron chi connectivity index (χ0n) is 12.0. The van der Waals surface area contributed by atoms with Crippen LogP contribution in [0.25, 0.3) is 0 Å². The topological polar surface area (TPSA) is 99.2 Å². The van der Waals surface area contributed by atoms with Crippen molar-refractivity contribution >= 4 is 15.8 Å². The summed E-state index contributed by atoms with van der Waals surface area (Å²) in [5, 5.41) is 3.90. The van der Waals surface area contributed by atoms with Gasteiger partial charge in [-0.3, -0.25) is 4.68 Å². The zero-order chi connectivity index (χ0) is 14.8. The Morgan fingerprint density at radius 1 is 1.47 bits per heavy atom. The third-order valence-electron chi connectivity index (χ3n) is 2.80. The van der Waals surface area contributed by atoms with Crippen LogP contribution >= 0.6 is 0 Å². The number of nitrogen functional groups attached to an aromatic ring is 1. The number of rotatable bonds is 6. The van der Waals surface area contributed by atoms with Crippen molar-refractivity contribution in [1.82, 2.24) is 14.5 Å². The minimum Gasteiger partial charge on any atom is -0.381 e. The Morgan fingerprint density at radius 2 is 2.05 bits per heavy atom. The van der Waals surface area contributed by atoms with Gasteiger partial charge in [0, 0.05) is 20.2 Å². The number of anilines is 1. The van der Waals surface area contributed by atoms with E-state index in [1.165, 1.54) is 4.68 Å². The second-order valence-corrected chi connectivity index (χ2v) is 6.64. The van der Waals surface area contributed by atoms with Gasteiger partial charge in [-0.1, -0.05) is 0 Å². The fourth-order valence-electron chi connectivity index (χ4n) is 1.73. The molecule has 0 aliphatic carbocycles. The van der Waals surface area contributed by atoms with Crippen molar-refractivity contribution in [3.05, 3.63) is 5.69 Å². The summed E-state index contributed by atoms with van der Waals surface area (Å²) in [6.45, 7) is 7.84. The highest BCUT2D eigenvalue weighted by atomic mass is 32.2. The van der Waals surface area contributed by atoms with E-state index in [0.717, 1.165) is 0 Å². The SMILES string of the molecule is CCOC(C)(C)CNS(=O)(=O)c1c(N)nn(C)c1C. The molecule has 8 heteroatoms. The van der Waals surface area contributed by atoms with Crippen LogP contribution in [0.2, 0.25) is 0 Å². The Balaban J connectivity index is 2.94. The highest BCUT2D eigenvalue weighted by molar-refractivity contribution is 7.89. The van der Waals surface area contributed by atoms with Gasteiger partial charge in [0.2, 0.25) is 10.0 Å². The largest absolute Gasteiger partial charge is 0.381 e. The van der Waals surface area contributed by atoms with Gasteiger partial charge >= 0.3 is 0 Å². The van der Waals surface area contributed by atoms with Crippen LogP contribution in [-0.4, -0.2) is 37.0 Å². The number of hydrogen-bond donors (Lipinski definition) is 2. The van der Waals surface area contributed by atoms with Crippen LogP contribution in [-0.2, 0) is 21.8 Å². The smallest absolute Gasteiger partial charge is 0.246 e. The first kappa shape index (κ1) is 15.9. The van der Waals surface area contributed by atoms with E-state index in [1.807, 2.05) is 20.8 Å². The maximum atomic E-state index is 12.2. The molecule has 0 aromatic carbocycles. The van der Waals surface area contributed by atoms with Gasteiger partial charge in [0.1, 0.15) is 4.90 Å². The molecule has 110 valence electrons. The fourth-order valence-corrected chi connectivity index (χ4v) is 3.25. The third-order valence-corrected chi connectivity index (χ3v) is 4.36. The highest BCUT2D eigenvalue weighted by Crippen LogP contribution is 2.21. The lowest BCUT2D eigenvalue weighted by molar-refractivity contribution is -0.00515. The molecule has 1 aromatic heterocycles. The summed E-state index contributed by atoms with van der Waals surface area (Å²) in [7, 11) is -2.04. The normalized spacial score (nSPS) is 12.9. The van der Waals surface area contributed by atoms with Crippen molar-refractivity contribution in [1.29, 1.82) is 0 Å². The molecule has 1 heterocycles. The standard InChI is InChI=1S/C11H22N4O3S/c1-6-18-11(3,4)7-13-19(16,17)9-8(2)15(5)14-10(9)12/h13H,6-7H2,1-5H3,(H2,12,14). The molecule has 1 rings (SSSR count). The molecule has 7 nitrogen and oxygen atoms in total. The predicted octanol–water partition coefficient (Wildman–Crippen LogP) is 0.404. The molecule has 0 bridgehead atoms. The summed E-state index contributed by atoms with van der Waals surface area (Å²) < 4.78 is 33.9. The van der Waals surface area contributed by atoms with Crippen molar-refractivity contribution in [2.24, 2.45) is 7.05 Å². The third kappa shape index (κ3) is 3.68. The number of ether oxygens (including phenoxy) is 1. The molecule has 0 radical (unpaired) electrons. The van der Waals surface area contributed by atoms with E-state index in [9.17, 15) is 8.42 Å². The van der Waals surface area contributed by atoms with Crippen LogP contribution in [0.3, 0.4) is 0 Å². The van der Waals surface area contributed by atoms with Gasteiger partial charge in [0.25, 0.3) is 0 Å². The summed E-state index contributed by atoms with van der Waals surface area (Å²) in [5.74, 6) is 0.00159. The van der Waals surface area contributed by atoms with E-state index < -0.39 is 15.6 Å². The second-order valence-electron chi connectivity index (χ2n) is 4.94. The lowest BCUT2D eigenvalue weighted by Crippen LogP contribution is -2.40. The summed E-state index contributed by atoms with van der Waals surface area (Å²) >= 11 is 0. The average Bonchev–Trinajstić information content (AvgIpc) is 2.51. The van der Waals surface area contributed by atoms with Crippen LogP contribution in [0.4, 0.5) is 5.82 Å². The molecule has 0 saturated heterocycles. The van der Waals surface area contributed by atoms with Crippen molar-refractivity contribution in [2.45, 2.75) is 38.2 Å². The Morgan fingerprint density at radius 3 is 2.47 bits per heavy atom. The summed E-state index contributed by atoms with van der Waals surface area (Å²) in [5.41, 5.74) is 5.57. The minimum atomic E-state index is -3.69. The first-order valence-corrected chi connectivity index (χ1v) is 7.51. The molecule has 0 fully saturated rings. The molecule has 1 aromatic rings. The molecule has 0 aliphatic rings. The number of nitrogens with one attached hydrogen (secondary N) is 1. The molecule has 3 N–H and O–H groups in total. The van der Waals surface area contributed by atoms with Gasteiger partial charge in [-0.2, -0.15) is 5.10 Å². The van der Waals surface area contributed by atoms with Crippen molar-refractivity contribution in [3.8, 4) is 0 Å². The number of nitrogens with zero attached hydrogens (tertiary/aromatic N) is 2. The van der Waals surface area contributed by atoms with Gasteiger partial charge in [-0.05, 0) is 27.7 Å². The molecule has 0 aliphatic heterocycles. The second kappa shape index (κ2) is 5.48. The van der Waals surface area contributed by atoms with E-state index in [1.54, 1.807) is 14.0 Å². The number of aryl methyl sites for hydroxylation is 1. The van der Waals surface area contributed by atoms with Crippen molar-refractivity contribution < 1.29 is 13.2 Å². The molecule has 19 heavy (non-hydrogen) atoms. The van der Waals surface area contributed by atoms with Crippen LogP contribution in [0, 0.1) is 6.92 Å². The van der Waals surface area contributed by atoms with Gasteiger partial charge in [0.05, 0.1) is 11.3 Å². The first-order chi connectivity index (χ1) is 8.60. The van der Waals surface area contributed by atoms with E-state index in [-0.39, 0.29) is 17.3 Å². The monoisotopic (exact) mass is 290 g/mol. The first-order valence-electron chi connectivity index (χ1n) is 6.03. The van der Waals surface area contributed by atoms with Gasteiger partial charge in [-0.15, -0.1) is 0 Å². The van der Waals surface area contributed by atoms with Gasteiger partial charge < -0.3 is 10.5 Å². The average molecular weight is 290 g/mol. The zero-order valence-corrected chi connectivity index (χ0v) is 12.8. The number of nitrogens with two attached hydrogens (primary N) is 1. The molecule has 0 saturated carbocycles. The summed E-state index contributed by atoms with van der Waals surface area (Å²) in [6, 6.07) is 0. The quantitative estimate of drug-likeness (QED) is 0.790. The fraction of sp³-hybridized carbons (Fsp3) is 0.727. The van der Waals surface area contributed by atoms with Crippen LogP contribution in [0.1, 0.15) is 26.5 Å². The van der Waals surface area contributed by atoms with Crippen LogP contribution < -0.4 is 10.5 Å². The van der Waals surface area contributed by atoms with E-state index in [2.05, 4.69) is 9.82 Å². The minimum absolute atomic E-state index is 0.00159. The Labute approximate surface area is 114 Å². The molecule has 0 unspecified atom stereocenters. The predicted molar refractivity (Wildman–Crippen MR) is 73.3 cm³/mol. The lowest BCUT2D eigenvalue weighted by atomic mass is 10.1. The van der Waals surface area contributed by atoms with Gasteiger partial charge in [0.15, 0.2) is 5.82 Å². The Bertz CT molecular complexity index is 549. The van der Waals surface area contributed by atoms with Crippen molar-refractivity contribution in [3.63, 3.8) is 0 Å². The summed E-state index contributed by atoms with van der Waals surface area (Å²) in [4.78, 5) is 0.0299. The molecule has 0 atom stereocenters. The maximum Gasteiger partial charge on any atom is 0.246 e. The number of aromatic nitrogens is 2. The van der Waals surface area contributed by atoms with Crippen molar-refractivity contribution in [2.75, 3.05) is 18.9 Å². The molecular formula is C11H22N4O3S. The highest BCUT2D eigenvalue weighted by Gasteiger charge is 2.27. The van der Waals surface area contributed by atoms with E-state index in [0.29, 0.717) is 12.3 Å². The maximum absolute atomic E-state index is 12.2. The lowest BCUT2D eigenvalue weighted by Gasteiger charge is -2.24. The van der Waals surface area contributed by atoms with Crippen LogP contribution in [0.5, 0.6) is 0 Å². The Hall–Kier alpha value is -1.12. The molecule has 0 amide bonds. The number of hydrogen-bond acceptors (Lipinski definition) is 5. The Kier molecular flexibility index (Phi) is 4.59.